The summed E-state index contributed by atoms with van der Waals surface area (Å²) >= 11 is 0. The average molecular weight is 276 g/mol. The summed E-state index contributed by atoms with van der Waals surface area (Å²) in [4.78, 5) is 2.53. The van der Waals surface area contributed by atoms with Crippen LogP contribution >= 0.6 is 0 Å². The fourth-order valence-corrected chi connectivity index (χ4v) is 3.10. The molecule has 1 aliphatic heterocycles. The fourth-order valence-electron chi connectivity index (χ4n) is 3.10. The standard InChI is InChI=1S/C17H28N2O/c1-3-5-14-8-10-19(11-9-14)13-15-12-16(18)6-7-17(15)20-4-2/h6-7,12,14H,3-5,8-11,13,18H2,1-2H3. The van der Waals surface area contributed by atoms with Gasteiger partial charge in [0, 0.05) is 17.8 Å². The van der Waals surface area contributed by atoms with Gasteiger partial charge >= 0.3 is 0 Å². The minimum atomic E-state index is 0.704. The van der Waals surface area contributed by atoms with E-state index in [2.05, 4.69) is 17.9 Å². The highest BCUT2D eigenvalue weighted by atomic mass is 16.5. The molecule has 0 aromatic heterocycles. The molecule has 0 atom stereocenters. The van der Waals surface area contributed by atoms with Crippen molar-refractivity contribution in [2.24, 2.45) is 5.92 Å². The molecule has 2 rings (SSSR count). The van der Waals surface area contributed by atoms with Gasteiger partial charge in [0.05, 0.1) is 6.61 Å². The van der Waals surface area contributed by atoms with E-state index in [4.69, 9.17) is 10.5 Å². The molecule has 0 unspecified atom stereocenters. The Hall–Kier alpha value is -1.22. The Morgan fingerprint density at radius 2 is 2.00 bits per heavy atom. The predicted octanol–water partition coefficient (Wildman–Crippen LogP) is 3.68. The summed E-state index contributed by atoms with van der Waals surface area (Å²) in [5, 5.41) is 0. The molecule has 1 heterocycles. The minimum absolute atomic E-state index is 0.704. The van der Waals surface area contributed by atoms with E-state index >= 15 is 0 Å². The second kappa shape index (κ2) is 7.53. The predicted molar refractivity (Wildman–Crippen MR) is 84.9 cm³/mol. The molecule has 1 aromatic rings. The number of benzene rings is 1. The van der Waals surface area contributed by atoms with Crippen LogP contribution in [0, 0.1) is 5.92 Å². The number of likely N-dealkylation sites (tertiary alicyclic amines) is 1. The van der Waals surface area contributed by atoms with Crippen LogP contribution in [0.25, 0.3) is 0 Å². The summed E-state index contributed by atoms with van der Waals surface area (Å²) in [7, 11) is 0. The largest absolute Gasteiger partial charge is 0.494 e. The third kappa shape index (κ3) is 4.14. The molecule has 0 amide bonds. The lowest BCUT2D eigenvalue weighted by molar-refractivity contribution is 0.170. The smallest absolute Gasteiger partial charge is 0.123 e. The first-order valence-electron chi connectivity index (χ1n) is 7.96. The zero-order valence-corrected chi connectivity index (χ0v) is 12.9. The Morgan fingerprint density at radius 1 is 1.25 bits per heavy atom. The third-order valence-electron chi connectivity index (χ3n) is 4.18. The van der Waals surface area contributed by atoms with Crippen LogP contribution in [0.5, 0.6) is 5.75 Å². The Kier molecular flexibility index (Phi) is 5.72. The second-order valence-corrected chi connectivity index (χ2v) is 5.81. The molecule has 20 heavy (non-hydrogen) atoms. The quantitative estimate of drug-likeness (QED) is 0.806. The van der Waals surface area contributed by atoms with Crippen molar-refractivity contribution in [3.8, 4) is 5.75 Å². The van der Waals surface area contributed by atoms with Crippen LogP contribution in [0.2, 0.25) is 0 Å². The highest BCUT2D eigenvalue weighted by Gasteiger charge is 2.19. The zero-order valence-electron chi connectivity index (χ0n) is 12.9. The molecule has 1 saturated heterocycles. The summed E-state index contributed by atoms with van der Waals surface area (Å²) in [6, 6.07) is 5.98. The lowest BCUT2D eigenvalue weighted by Crippen LogP contribution is -2.33. The molecule has 0 spiro atoms. The Bertz CT molecular complexity index is 411. The highest BCUT2D eigenvalue weighted by molar-refractivity contribution is 5.47. The monoisotopic (exact) mass is 276 g/mol. The third-order valence-corrected chi connectivity index (χ3v) is 4.18. The van der Waals surface area contributed by atoms with Crippen LogP contribution in [0.1, 0.15) is 45.1 Å². The maximum atomic E-state index is 5.92. The summed E-state index contributed by atoms with van der Waals surface area (Å²) in [6.07, 6.45) is 5.37. The number of hydrogen-bond acceptors (Lipinski definition) is 3. The molecule has 0 saturated carbocycles. The molecular weight excluding hydrogens is 248 g/mol. The Morgan fingerprint density at radius 3 is 2.65 bits per heavy atom. The van der Waals surface area contributed by atoms with E-state index in [1.54, 1.807) is 0 Å². The lowest BCUT2D eigenvalue weighted by atomic mass is 9.92. The molecule has 0 aliphatic carbocycles. The van der Waals surface area contributed by atoms with E-state index < -0.39 is 0 Å². The molecule has 3 nitrogen and oxygen atoms in total. The number of rotatable bonds is 6. The molecule has 1 aromatic carbocycles. The minimum Gasteiger partial charge on any atom is -0.494 e. The molecule has 0 bridgehead atoms. The zero-order chi connectivity index (χ0) is 14.4. The number of nitrogens with two attached hydrogens (primary N) is 1. The average Bonchev–Trinajstić information content (AvgIpc) is 2.44. The molecule has 3 heteroatoms. The van der Waals surface area contributed by atoms with Crippen LogP contribution in [0.4, 0.5) is 5.69 Å². The van der Waals surface area contributed by atoms with E-state index in [9.17, 15) is 0 Å². The van der Waals surface area contributed by atoms with E-state index in [0.29, 0.717) is 6.61 Å². The Balaban J connectivity index is 1.95. The van der Waals surface area contributed by atoms with Crippen molar-refractivity contribution < 1.29 is 4.74 Å². The van der Waals surface area contributed by atoms with Gasteiger partial charge in [-0.25, -0.2) is 0 Å². The van der Waals surface area contributed by atoms with Crippen molar-refractivity contribution in [1.29, 1.82) is 0 Å². The SMILES string of the molecule is CCCC1CCN(Cc2cc(N)ccc2OCC)CC1. The second-order valence-electron chi connectivity index (χ2n) is 5.81. The van der Waals surface area contributed by atoms with E-state index in [-0.39, 0.29) is 0 Å². The first kappa shape index (κ1) is 15.2. The fraction of sp³-hybridized carbons (Fsp3) is 0.647. The number of nitrogen functional groups attached to an aromatic ring is 1. The highest BCUT2D eigenvalue weighted by Crippen LogP contribution is 2.27. The van der Waals surface area contributed by atoms with Gasteiger partial charge in [0.15, 0.2) is 0 Å². The molecule has 0 radical (unpaired) electrons. The van der Waals surface area contributed by atoms with Crippen molar-refractivity contribution in [2.45, 2.75) is 46.1 Å². The number of hydrogen-bond donors (Lipinski definition) is 1. The number of piperidine rings is 1. The molecule has 112 valence electrons. The normalized spacial score (nSPS) is 17.3. The van der Waals surface area contributed by atoms with Gasteiger partial charge in [0.1, 0.15) is 5.75 Å². The van der Waals surface area contributed by atoms with Crippen LogP contribution in [-0.2, 0) is 6.54 Å². The number of nitrogens with zero attached hydrogens (tertiary/aromatic N) is 1. The number of ether oxygens (including phenoxy) is 1. The molecular formula is C17H28N2O. The first-order chi connectivity index (χ1) is 9.72. The maximum absolute atomic E-state index is 5.92. The summed E-state index contributed by atoms with van der Waals surface area (Å²) in [5.74, 6) is 1.92. The van der Waals surface area contributed by atoms with Gasteiger partial charge in [-0.2, -0.15) is 0 Å². The van der Waals surface area contributed by atoms with E-state index in [1.165, 1.54) is 44.3 Å². The summed E-state index contributed by atoms with van der Waals surface area (Å²) in [5.41, 5.74) is 7.96. The van der Waals surface area contributed by atoms with Gasteiger partial charge in [0.25, 0.3) is 0 Å². The van der Waals surface area contributed by atoms with Crippen molar-refractivity contribution in [3.05, 3.63) is 23.8 Å². The molecule has 2 N–H and O–H groups in total. The van der Waals surface area contributed by atoms with Gasteiger partial charge in [-0.05, 0) is 57.0 Å². The van der Waals surface area contributed by atoms with E-state index in [0.717, 1.165) is 23.9 Å². The maximum Gasteiger partial charge on any atom is 0.123 e. The summed E-state index contributed by atoms with van der Waals surface area (Å²) < 4.78 is 5.71. The van der Waals surface area contributed by atoms with E-state index in [1.807, 2.05) is 19.1 Å². The van der Waals surface area contributed by atoms with Gasteiger partial charge in [-0.3, -0.25) is 4.90 Å². The topological polar surface area (TPSA) is 38.5 Å². The van der Waals surface area contributed by atoms with Crippen LogP contribution in [0.3, 0.4) is 0 Å². The number of anilines is 1. The lowest BCUT2D eigenvalue weighted by Gasteiger charge is -2.32. The first-order valence-corrected chi connectivity index (χ1v) is 7.96. The van der Waals surface area contributed by atoms with Crippen molar-refractivity contribution in [1.82, 2.24) is 4.90 Å². The van der Waals surface area contributed by atoms with Crippen LogP contribution < -0.4 is 10.5 Å². The van der Waals surface area contributed by atoms with Gasteiger partial charge in [0.2, 0.25) is 0 Å². The van der Waals surface area contributed by atoms with Gasteiger partial charge in [-0.15, -0.1) is 0 Å². The van der Waals surface area contributed by atoms with Crippen molar-refractivity contribution in [2.75, 3.05) is 25.4 Å². The van der Waals surface area contributed by atoms with Crippen LogP contribution in [-0.4, -0.2) is 24.6 Å². The summed E-state index contributed by atoms with van der Waals surface area (Å²) in [6.45, 7) is 8.37. The van der Waals surface area contributed by atoms with Gasteiger partial charge in [-0.1, -0.05) is 19.8 Å². The molecule has 1 fully saturated rings. The molecule has 1 aliphatic rings. The van der Waals surface area contributed by atoms with Gasteiger partial charge < -0.3 is 10.5 Å². The van der Waals surface area contributed by atoms with Crippen molar-refractivity contribution in [3.63, 3.8) is 0 Å². The van der Waals surface area contributed by atoms with Crippen molar-refractivity contribution >= 4 is 5.69 Å². The van der Waals surface area contributed by atoms with Crippen LogP contribution in [0.15, 0.2) is 18.2 Å². The Labute approximate surface area is 123 Å².